The first-order valence-electron chi connectivity index (χ1n) is 4.49. The highest BCUT2D eigenvalue weighted by molar-refractivity contribution is 8.01. The first-order chi connectivity index (χ1) is 7.91. The van der Waals surface area contributed by atoms with Gasteiger partial charge in [-0.2, -0.15) is 8.78 Å². The lowest BCUT2D eigenvalue weighted by molar-refractivity contribution is 0.154. The average molecular weight is 289 g/mol. The van der Waals surface area contributed by atoms with Crippen molar-refractivity contribution in [3.63, 3.8) is 0 Å². The van der Waals surface area contributed by atoms with Gasteiger partial charge in [0.15, 0.2) is 10.2 Å². The highest BCUT2D eigenvalue weighted by atomic mass is 32.2. The van der Waals surface area contributed by atoms with Crippen LogP contribution in [0, 0.1) is 6.92 Å². The minimum atomic E-state index is -2.60. The second-order valence-electron chi connectivity index (χ2n) is 2.99. The van der Waals surface area contributed by atoms with Gasteiger partial charge in [0, 0.05) is 12.2 Å². The van der Waals surface area contributed by atoms with Gasteiger partial charge in [0.25, 0.3) is 6.43 Å². The van der Waals surface area contributed by atoms with Crippen molar-refractivity contribution in [1.29, 1.82) is 0 Å². The number of rotatable bonds is 5. The van der Waals surface area contributed by atoms with Crippen LogP contribution in [0.15, 0.2) is 16.2 Å². The molecule has 0 saturated heterocycles. The van der Waals surface area contributed by atoms with E-state index in [4.69, 9.17) is 0 Å². The molecule has 1 aromatic heterocycles. The number of alkyl halides is 2. The summed E-state index contributed by atoms with van der Waals surface area (Å²) >= 11 is 1.79. The topological polar surface area (TPSA) is 12.9 Å². The van der Waals surface area contributed by atoms with Gasteiger partial charge in [-0.05, 0) is 6.92 Å². The van der Waals surface area contributed by atoms with Crippen molar-refractivity contribution in [3.8, 4) is 0 Å². The average Bonchev–Trinajstić information content (AvgIpc) is 2.59. The number of aromatic nitrogens is 1. The Morgan fingerprint density at radius 1 is 1.35 bits per heavy atom. The van der Waals surface area contributed by atoms with E-state index in [0.717, 1.165) is 23.1 Å². The van der Waals surface area contributed by atoms with Gasteiger partial charge in [0.05, 0.1) is 10.6 Å². The predicted molar refractivity (Wildman–Crippen MR) is 57.5 cm³/mol. The third-order valence-electron chi connectivity index (χ3n) is 1.76. The smallest absolute Gasteiger partial charge is 0.234 e. The van der Waals surface area contributed by atoms with Crippen LogP contribution < -0.4 is 0 Å². The van der Waals surface area contributed by atoms with Gasteiger partial charge in [-0.1, -0.05) is 11.8 Å². The van der Waals surface area contributed by atoms with Gasteiger partial charge >= 0.3 is 6.08 Å². The Kier molecular flexibility index (Phi) is 5.38. The molecule has 8 heteroatoms. The number of halogens is 5. The summed E-state index contributed by atoms with van der Waals surface area (Å²) in [4.78, 5) is 3.71. The number of thioether (sulfide) groups is 1. The van der Waals surface area contributed by atoms with Crippen LogP contribution in [0.2, 0.25) is 0 Å². The molecule has 0 saturated carbocycles. The van der Waals surface area contributed by atoms with Gasteiger partial charge < -0.3 is 0 Å². The molecule has 0 atom stereocenters. The molecular weight excluding hydrogens is 281 g/mol. The molecule has 1 rings (SSSR count). The van der Waals surface area contributed by atoms with Crippen molar-refractivity contribution in [2.75, 3.05) is 5.75 Å². The van der Waals surface area contributed by atoms with Crippen molar-refractivity contribution >= 4 is 23.1 Å². The second kappa shape index (κ2) is 6.34. The van der Waals surface area contributed by atoms with Crippen LogP contribution in [0.5, 0.6) is 0 Å². The van der Waals surface area contributed by atoms with E-state index >= 15 is 0 Å². The van der Waals surface area contributed by atoms with E-state index in [1.165, 1.54) is 6.92 Å². The summed E-state index contributed by atoms with van der Waals surface area (Å²) in [6.07, 6.45) is -5.37. The molecule has 96 valence electrons. The summed E-state index contributed by atoms with van der Waals surface area (Å²) in [5.74, 6) is -1.43. The highest BCUT2D eigenvalue weighted by Gasteiger charge is 2.16. The van der Waals surface area contributed by atoms with E-state index in [-0.39, 0.29) is 16.3 Å². The lowest BCUT2D eigenvalue weighted by Crippen LogP contribution is -1.83. The molecule has 0 N–H and O–H groups in total. The van der Waals surface area contributed by atoms with Crippen LogP contribution in [0.25, 0.3) is 0 Å². The van der Waals surface area contributed by atoms with Gasteiger partial charge in [0.2, 0.25) is 0 Å². The fraction of sp³-hybridized carbons (Fsp3) is 0.444. The van der Waals surface area contributed by atoms with Crippen molar-refractivity contribution < 1.29 is 22.0 Å². The third-order valence-corrected chi connectivity index (χ3v) is 4.07. The molecule has 1 heterocycles. The Hall–Kier alpha value is -0.630. The normalized spacial score (nSPS) is 11.0. The van der Waals surface area contributed by atoms with Gasteiger partial charge in [-0.15, -0.1) is 11.3 Å². The maximum atomic E-state index is 12.4. The summed E-state index contributed by atoms with van der Waals surface area (Å²) in [6, 6.07) is 0. The number of nitrogens with zero attached hydrogens (tertiary/aromatic N) is 1. The first-order valence-corrected chi connectivity index (χ1v) is 6.30. The van der Waals surface area contributed by atoms with Crippen LogP contribution >= 0.6 is 23.1 Å². The van der Waals surface area contributed by atoms with Crippen molar-refractivity contribution in [1.82, 2.24) is 4.98 Å². The van der Waals surface area contributed by atoms with E-state index in [0.29, 0.717) is 4.34 Å². The molecule has 0 aliphatic heterocycles. The third kappa shape index (κ3) is 4.27. The maximum absolute atomic E-state index is 12.4. The lowest BCUT2D eigenvalue weighted by Gasteiger charge is -1.95. The first kappa shape index (κ1) is 14.4. The zero-order valence-electron chi connectivity index (χ0n) is 8.65. The molecule has 0 radical (unpaired) electrons. The second-order valence-corrected chi connectivity index (χ2v) is 5.37. The Morgan fingerprint density at radius 2 is 2.00 bits per heavy atom. The van der Waals surface area contributed by atoms with Crippen LogP contribution in [-0.2, 0) is 0 Å². The zero-order chi connectivity index (χ0) is 13.0. The van der Waals surface area contributed by atoms with E-state index in [1.54, 1.807) is 0 Å². The molecule has 0 amide bonds. The minimum absolute atomic E-state index is 0.0405. The molecule has 0 unspecified atom stereocenters. The number of thiazole rings is 1. The number of hydrogen-bond donors (Lipinski definition) is 0. The van der Waals surface area contributed by atoms with Gasteiger partial charge in [0.1, 0.15) is 0 Å². The Labute approximate surface area is 103 Å². The van der Waals surface area contributed by atoms with Gasteiger partial charge in [-0.25, -0.2) is 18.2 Å². The van der Waals surface area contributed by atoms with Crippen molar-refractivity contribution in [2.24, 2.45) is 0 Å². The molecule has 1 nitrogen and oxygen atoms in total. The summed E-state index contributed by atoms with van der Waals surface area (Å²) in [6.45, 7) is 1.45. The summed E-state index contributed by atoms with van der Waals surface area (Å²) in [7, 11) is 0. The van der Waals surface area contributed by atoms with Crippen molar-refractivity contribution in [2.45, 2.75) is 24.1 Å². The molecule has 1 aromatic rings. The van der Waals surface area contributed by atoms with Crippen LogP contribution in [0.3, 0.4) is 0 Å². The molecule has 0 aromatic carbocycles. The highest BCUT2D eigenvalue weighted by Crippen LogP contribution is 2.34. The molecule has 17 heavy (non-hydrogen) atoms. The predicted octanol–water partition coefficient (Wildman–Crippen LogP) is 4.95. The SMILES string of the molecule is Cc1nc(SCCC(F)=C(F)F)sc1C(F)F. The van der Waals surface area contributed by atoms with E-state index in [9.17, 15) is 22.0 Å². The Bertz CT molecular complexity index is 412. The van der Waals surface area contributed by atoms with Crippen molar-refractivity contribution in [3.05, 3.63) is 22.5 Å². The van der Waals surface area contributed by atoms with E-state index in [2.05, 4.69) is 4.98 Å². The largest absolute Gasteiger partial charge is 0.301 e. The van der Waals surface area contributed by atoms with E-state index in [1.807, 2.05) is 0 Å². The molecule has 0 aliphatic carbocycles. The number of allylic oxidation sites excluding steroid dienone is 1. The quantitative estimate of drug-likeness (QED) is 0.562. The summed E-state index contributed by atoms with van der Waals surface area (Å²) in [5.41, 5.74) is 0.222. The Balaban J connectivity index is 2.53. The molecule has 0 bridgehead atoms. The number of aryl methyl sites for hydroxylation is 1. The van der Waals surface area contributed by atoms with Crippen LogP contribution in [0.4, 0.5) is 22.0 Å². The van der Waals surface area contributed by atoms with Crippen LogP contribution in [0.1, 0.15) is 23.4 Å². The Morgan fingerprint density at radius 3 is 2.47 bits per heavy atom. The zero-order valence-corrected chi connectivity index (χ0v) is 10.3. The minimum Gasteiger partial charge on any atom is -0.234 e. The standard InChI is InChI=1S/C9H8F5NS2/c1-4-6(8(13)14)17-9(15-4)16-3-2-5(10)7(11)12/h8H,2-3H2,1H3. The molecule has 0 aliphatic rings. The summed E-state index contributed by atoms with van der Waals surface area (Å²) < 4.78 is 61.0. The lowest BCUT2D eigenvalue weighted by atomic mass is 10.4. The molecule has 0 fully saturated rings. The molecule has 0 spiro atoms. The van der Waals surface area contributed by atoms with Gasteiger partial charge in [-0.3, -0.25) is 0 Å². The number of hydrogen-bond acceptors (Lipinski definition) is 3. The van der Waals surface area contributed by atoms with E-state index < -0.39 is 24.8 Å². The van der Waals surface area contributed by atoms with Crippen LogP contribution in [-0.4, -0.2) is 10.7 Å². The fourth-order valence-electron chi connectivity index (χ4n) is 0.969. The monoisotopic (exact) mass is 289 g/mol. The fourth-order valence-corrected chi connectivity index (χ4v) is 3.03. The summed E-state index contributed by atoms with van der Waals surface area (Å²) in [5, 5.41) is 0. The molecular formula is C9H8F5NS2. The maximum Gasteiger partial charge on any atom is 0.301 e.